The van der Waals surface area contributed by atoms with Crippen LogP contribution in [0, 0.1) is 11.8 Å². The maximum Gasteiger partial charge on any atom is 0.306 e. The molecule has 1 aliphatic rings. The minimum Gasteiger partial charge on any atom is -0.481 e. The molecule has 0 bridgehead atoms. The average molecular weight is 164 g/mol. The molecule has 1 saturated carbocycles. The van der Waals surface area contributed by atoms with Crippen LogP contribution in [0.15, 0.2) is 0 Å². The lowest BCUT2D eigenvalue weighted by atomic mass is 9.73. The Labute approximate surface area is 63.2 Å². The Hall–Kier alpha value is -0.670. The summed E-state index contributed by atoms with van der Waals surface area (Å²) in [7, 11) is 0. The van der Waals surface area contributed by atoms with Crippen LogP contribution in [0.2, 0.25) is 0 Å². The molecule has 0 aromatic heterocycles. The number of carboxylic acids is 1. The van der Waals surface area contributed by atoms with Crippen LogP contribution in [0.25, 0.3) is 0 Å². The third-order valence-electron chi connectivity index (χ3n) is 2.10. The van der Waals surface area contributed by atoms with Gasteiger partial charge in [0.15, 0.2) is 0 Å². The summed E-state index contributed by atoms with van der Waals surface area (Å²) in [6.45, 7) is 0. The third-order valence-corrected chi connectivity index (χ3v) is 2.10. The zero-order chi connectivity index (χ0) is 8.43. The minimum absolute atomic E-state index is 0.0592. The third kappa shape index (κ3) is 2.13. The lowest BCUT2D eigenvalue weighted by Gasteiger charge is -2.31. The predicted molar refractivity (Wildman–Crippen MR) is 34.5 cm³/mol. The molecular formula is C7H10F2O2. The summed E-state index contributed by atoms with van der Waals surface area (Å²) in [4.78, 5) is 10.2. The van der Waals surface area contributed by atoms with E-state index in [9.17, 15) is 13.6 Å². The van der Waals surface area contributed by atoms with Crippen molar-refractivity contribution >= 4 is 5.97 Å². The van der Waals surface area contributed by atoms with Gasteiger partial charge >= 0.3 is 5.97 Å². The van der Waals surface area contributed by atoms with Crippen molar-refractivity contribution in [3.8, 4) is 0 Å². The van der Waals surface area contributed by atoms with Gasteiger partial charge in [0, 0.05) is 6.42 Å². The number of carboxylic acid groups (broad SMARTS) is 1. The molecule has 1 rings (SSSR count). The van der Waals surface area contributed by atoms with E-state index in [1.165, 1.54) is 0 Å². The molecule has 64 valence electrons. The number of aliphatic carboxylic acids is 1. The van der Waals surface area contributed by atoms with E-state index >= 15 is 0 Å². The molecular weight excluding hydrogens is 154 g/mol. The summed E-state index contributed by atoms with van der Waals surface area (Å²) in [6, 6.07) is 0. The van der Waals surface area contributed by atoms with Gasteiger partial charge in [-0.1, -0.05) is 0 Å². The molecule has 2 nitrogen and oxygen atoms in total. The van der Waals surface area contributed by atoms with Gasteiger partial charge < -0.3 is 5.11 Å². The van der Waals surface area contributed by atoms with Crippen molar-refractivity contribution in [1.29, 1.82) is 0 Å². The van der Waals surface area contributed by atoms with Crippen molar-refractivity contribution in [3.05, 3.63) is 0 Å². The second-order valence-corrected chi connectivity index (χ2v) is 3.00. The quantitative estimate of drug-likeness (QED) is 0.689. The Kier molecular flexibility index (Phi) is 2.42. The van der Waals surface area contributed by atoms with E-state index in [0.717, 1.165) is 0 Å². The van der Waals surface area contributed by atoms with Crippen LogP contribution in [0.3, 0.4) is 0 Å². The molecule has 0 saturated heterocycles. The fraction of sp³-hybridized carbons (Fsp3) is 0.857. The molecule has 0 aromatic rings. The normalized spacial score (nSPS) is 30.1. The van der Waals surface area contributed by atoms with E-state index in [2.05, 4.69) is 0 Å². The molecule has 0 radical (unpaired) electrons. The number of hydrogen-bond donors (Lipinski definition) is 1. The summed E-state index contributed by atoms with van der Waals surface area (Å²) >= 11 is 0. The fourth-order valence-electron chi connectivity index (χ4n) is 1.38. The van der Waals surface area contributed by atoms with E-state index in [1.807, 2.05) is 0 Å². The zero-order valence-corrected chi connectivity index (χ0v) is 5.96. The second kappa shape index (κ2) is 3.15. The highest BCUT2D eigenvalue weighted by atomic mass is 19.3. The molecule has 0 atom stereocenters. The highest BCUT2D eigenvalue weighted by Gasteiger charge is 2.35. The number of rotatable bonds is 3. The number of alkyl halides is 2. The first-order valence-corrected chi connectivity index (χ1v) is 3.60. The highest BCUT2D eigenvalue weighted by molar-refractivity contribution is 5.71. The van der Waals surface area contributed by atoms with E-state index in [-0.39, 0.29) is 18.3 Å². The molecule has 0 amide bonds. The summed E-state index contributed by atoms with van der Waals surface area (Å²) < 4.78 is 23.4. The standard InChI is InChI=1S/C7H10F2O2/c8-6(9)3-4-1-5(2-4)7(10)11/h4-6H,1-3H2,(H,10,11). The Morgan fingerprint density at radius 2 is 2.09 bits per heavy atom. The lowest BCUT2D eigenvalue weighted by Crippen LogP contribution is -2.31. The van der Waals surface area contributed by atoms with Crippen LogP contribution in [0.1, 0.15) is 19.3 Å². The van der Waals surface area contributed by atoms with Crippen molar-refractivity contribution in [2.75, 3.05) is 0 Å². The summed E-state index contributed by atoms with van der Waals surface area (Å²) in [5, 5.41) is 8.40. The van der Waals surface area contributed by atoms with Crippen LogP contribution in [0.4, 0.5) is 8.78 Å². The molecule has 0 spiro atoms. The maximum absolute atomic E-state index is 11.7. The van der Waals surface area contributed by atoms with Crippen molar-refractivity contribution in [3.63, 3.8) is 0 Å². The molecule has 0 aromatic carbocycles. The van der Waals surface area contributed by atoms with Crippen molar-refractivity contribution in [2.24, 2.45) is 11.8 Å². The van der Waals surface area contributed by atoms with Gasteiger partial charge in [0.2, 0.25) is 6.43 Å². The summed E-state index contributed by atoms with van der Waals surface area (Å²) in [5.74, 6) is -1.27. The van der Waals surface area contributed by atoms with E-state index in [0.29, 0.717) is 12.8 Å². The molecule has 0 aliphatic heterocycles. The maximum atomic E-state index is 11.7. The first-order chi connectivity index (χ1) is 5.09. The Balaban J connectivity index is 2.14. The molecule has 0 heterocycles. The topological polar surface area (TPSA) is 37.3 Å². The van der Waals surface area contributed by atoms with Gasteiger partial charge in [-0.05, 0) is 18.8 Å². The Morgan fingerprint density at radius 1 is 1.55 bits per heavy atom. The van der Waals surface area contributed by atoms with Gasteiger partial charge in [-0.3, -0.25) is 4.79 Å². The Bertz CT molecular complexity index is 153. The molecule has 11 heavy (non-hydrogen) atoms. The van der Waals surface area contributed by atoms with Crippen molar-refractivity contribution in [1.82, 2.24) is 0 Å². The lowest BCUT2D eigenvalue weighted by molar-refractivity contribution is -0.147. The van der Waals surface area contributed by atoms with Crippen molar-refractivity contribution < 1.29 is 18.7 Å². The second-order valence-electron chi connectivity index (χ2n) is 3.00. The van der Waals surface area contributed by atoms with Crippen LogP contribution in [0.5, 0.6) is 0 Å². The van der Waals surface area contributed by atoms with E-state index < -0.39 is 12.4 Å². The van der Waals surface area contributed by atoms with Gasteiger partial charge in [-0.2, -0.15) is 0 Å². The first-order valence-electron chi connectivity index (χ1n) is 3.60. The van der Waals surface area contributed by atoms with Gasteiger partial charge in [0.1, 0.15) is 0 Å². The smallest absolute Gasteiger partial charge is 0.306 e. The average Bonchev–Trinajstić information content (AvgIpc) is 1.75. The predicted octanol–water partition coefficient (Wildman–Crippen LogP) is 1.75. The molecule has 1 aliphatic carbocycles. The van der Waals surface area contributed by atoms with E-state index in [4.69, 9.17) is 5.11 Å². The molecule has 0 unspecified atom stereocenters. The number of hydrogen-bond acceptors (Lipinski definition) is 1. The van der Waals surface area contributed by atoms with Crippen molar-refractivity contribution in [2.45, 2.75) is 25.7 Å². The largest absolute Gasteiger partial charge is 0.481 e. The highest BCUT2D eigenvalue weighted by Crippen LogP contribution is 2.37. The van der Waals surface area contributed by atoms with Crippen LogP contribution >= 0.6 is 0 Å². The van der Waals surface area contributed by atoms with Gasteiger partial charge in [-0.25, -0.2) is 8.78 Å². The SMILES string of the molecule is O=C(O)C1CC(CC(F)F)C1. The van der Waals surface area contributed by atoms with Crippen LogP contribution < -0.4 is 0 Å². The van der Waals surface area contributed by atoms with Gasteiger partial charge in [0.05, 0.1) is 5.92 Å². The van der Waals surface area contributed by atoms with Gasteiger partial charge in [-0.15, -0.1) is 0 Å². The van der Waals surface area contributed by atoms with E-state index in [1.54, 1.807) is 0 Å². The van der Waals surface area contributed by atoms with Crippen LogP contribution in [-0.2, 0) is 4.79 Å². The Morgan fingerprint density at radius 3 is 2.45 bits per heavy atom. The minimum atomic E-state index is -2.28. The summed E-state index contributed by atoms with van der Waals surface area (Å²) in [5.41, 5.74) is 0. The zero-order valence-electron chi connectivity index (χ0n) is 5.96. The van der Waals surface area contributed by atoms with Crippen LogP contribution in [-0.4, -0.2) is 17.5 Å². The number of halogens is 2. The molecule has 1 fully saturated rings. The number of carbonyl (C=O) groups is 1. The molecule has 4 heteroatoms. The summed E-state index contributed by atoms with van der Waals surface area (Å²) in [6.07, 6.45) is -1.56. The first kappa shape index (κ1) is 8.43. The fourth-order valence-corrected chi connectivity index (χ4v) is 1.38. The van der Waals surface area contributed by atoms with Gasteiger partial charge in [0.25, 0.3) is 0 Å². The molecule has 1 N–H and O–H groups in total. The monoisotopic (exact) mass is 164 g/mol.